The molecule has 1 aromatic carbocycles. The van der Waals surface area contributed by atoms with Gasteiger partial charge in [-0.25, -0.2) is 0 Å². The van der Waals surface area contributed by atoms with Crippen molar-refractivity contribution in [3.05, 3.63) is 35.9 Å². The lowest BCUT2D eigenvalue weighted by Crippen LogP contribution is -2.61. The van der Waals surface area contributed by atoms with Crippen molar-refractivity contribution in [2.24, 2.45) is 0 Å². The first-order valence-electron chi connectivity index (χ1n) is 8.95. The number of piperidine rings is 1. The number of benzene rings is 1. The van der Waals surface area contributed by atoms with Gasteiger partial charge < -0.3 is 5.11 Å². The average molecular weight is 316 g/mol. The van der Waals surface area contributed by atoms with E-state index in [1.54, 1.807) is 0 Å². The molecule has 0 unspecified atom stereocenters. The number of nitrogens with zero attached hydrogens (tertiary/aromatic N) is 1. The summed E-state index contributed by atoms with van der Waals surface area (Å²) < 4.78 is 0. The molecule has 2 aliphatic rings. The fourth-order valence-electron chi connectivity index (χ4n) is 3.99. The number of carboxylic acids is 1. The minimum absolute atomic E-state index is 0.389. The first kappa shape index (κ1) is 16.5. The number of carboxylic acid groups (broad SMARTS) is 1. The lowest BCUT2D eigenvalue weighted by atomic mass is 9.84. The summed E-state index contributed by atoms with van der Waals surface area (Å²) in [6, 6.07) is 10.8. The molecule has 1 aliphatic carbocycles. The van der Waals surface area contributed by atoms with Gasteiger partial charge in [-0.2, -0.15) is 0 Å². The number of aliphatic carboxylic acids is 1. The molecule has 3 rings (SSSR count). The Kier molecular flexibility index (Phi) is 5.34. The average Bonchev–Trinajstić information content (AvgIpc) is 2.58. The van der Waals surface area contributed by atoms with Crippen molar-refractivity contribution in [1.82, 2.24) is 10.2 Å². The molecule has 126 valence electrons. The van der Waals surface area contributed by atoms with Gasteiger partial charge in [0, 0.05) is 25.7 Å². The number of likely N-dealkylation sites (tertiary alicyclic amines) is 1. The smallest absolute Gasteiger partial charge is 0.324 e. The third kappa shape index (κ3) is 4.12. The highest BCUT2D eigenvalue weighted by molar-refractivity contribution is 5.79. The molecule has 1 aliphatic heterocycles. The number of hydrogen-bond acceptors (Lipinski definition) is 3. The van der Waals surface area contributed by atoms with Crippen LogP contribution in [0.1, 0.15) is 50.5 Å². The van der Waals surface area contributed by atoms with Gasteiger partial charge in [0.05, 0.1) is 0 Å². The maximum atomic E-state index is 11.9. The highest BCUT2D eigenvalue weighted by Gasteiger charge is 2.42. The van der Waals surface area contributed by atoms with E-state index in [0.29, 0.717) is 18.9 Å². The van der Waals surface area contributed by atoms with Gasteiger partial charge in [-0.1, -0.05) is 49.6 Å². The van der Waals surface area contributed by atoms with Gasteiger partial charge >= 0.3 is 5.97 Å². The predicted molar refractivity (Wildman–Crippen MR) is 91.3 cm³/mol. The van der Waals surface area contributed by atoms with E-state index in [4.69, 9.17) is 0 Å². The first-order valence-corrected chi connectivity index (χ1v) is 8.95. The molecule has 2 N–H and O–H groups in total. The van der Waals surface area contributed by atoms with Gasteiger partial charge in [0.15, 0.2) is 0 Å². The molecule has 2 fully saturated rings. The van der Waals surface area contributed by atoms with E-state index in [2.05, 4.69) is 34.5 Å². The lowest BCUT2D eigenvalue weighted by Gasteiger charge is -2.42. The van der Waals surface area contributed by atoms with Gasteiger partial charge in [-0.15, -0.1) is 0 Å². The number of rotatable bonds is 5. The van der Waals surface area contributed by atoms with Crippen molar-refractivity contribution in [3.63, 3.8) is 0 Å². The van der Waals surface area contributed by atoms with E-state index in [1.807, 2.05) is 6.07 Å². The maximum Gasteiger partial charge on any atom is 0.324 e. The molecule has 0 atom stereocenters. The quantitative estimate of drug-likeness (QED) is 0.877. The minimum Gasteiger partial charge on any atom is -0.480 e. The lowest BCUT2D eigenvalue weighted by molar-refractivity contribution is -0.147. The van der Waals surface area contributed by atoms with Crippen LogP contribution in [0, 0.1) is 0 Å². The molecule has 1 aromatic rings. The fraction of sp³-hybridized carbons (Fsp3) is 0.632. The zero-order valence-corrected chi connectivity index (χ0v) is 13.8. The van der Waals surface area contributed by atoms with Gasteiger partial charge in [0.1, 0.15) is 5.54 Å². The highest BCUT2D eigenvalue weighted by Crippen LogP contribution is 2.28. The summed E-state index contributed by atoms with van der Waals surface area (Å²) in [4.78, 5) is 14.3. The molecule has 1 heterocycles. The molecule has 23 heavy (non-hydrogen) atoms. The Bertz CT molecular complexity index is 503. The maximum absolute atomic E-state index is 11.9. The largest absolute Gasteiger partial charge is 0.480 e. The summed E-state index contributed by atoms with van der Waals surface area (Å²) in [5.41, 5.74) is 0.588. The van der Waals surface area contributed by atoms with E-state index in [1.165, 1.54) is 24.8 Å². The van der Waals surface area contributed by atoms with Gasteiger partial charge in [0.25, 0.3) is 0 Å². The highest BCUT2D eigenvalue weighted by atomic mass is 16.4. The van der Waals surface area contributed by atoms with E-state index in [-0.39, 0.29) is 0 Å². The molecule has 4 heteroatoms. The molecule has 4 nitrogen and oxygen atoms in total. The number of carbonyl (C=O) groups is 1. The van der Waals surface area contributed by atoms with Crippen LogP contribution >= 0.6 is 0 Å². The Labute approximate surface area is 138 Å². The van der Waals surface area contributed by atoms with Gasteiger partial charge in [-0.3, -0.25) is 15.0 Å². The SMILES string of the molecule is O=C(O)C1(NC2CCCCC2)CCN(Cc2ccccc2)CC1. The third-order valence-electron chi connectivity index (χ3n) is 5.45. The van der Waals surface area contributed by atoms with Crippen molar-refractivity contribution in [3.8, 4) is 0 Å². The summed E-state index contributed by atoms with van der Waals surface area (Å²) in [7, 11) is 0. The van der Waals surface area contributed by atoms with Crippen molar-refractivity contribution < 1.29 is 9.90 Å². The molecule has 0 aromatic heterocycles. The molecule has 1 saturated heterocycles. The summed E-state index contributed by atoms with van der Waals surface area (Å²) in [6.07, 6.45) is 7.41. The van der Waals surface area contributed by atoms with E-state index < -0.39 is 11.5 Å². The van der Waals surface area contributed by atoms with Crippen molar-refractivity contribution in [2.45, 2.75) is 63.1 Å². The topological polar surface area (TPSA) is 52.6 Å². The first-order chi connectivity index (χ1) is 11.2. The van der Waals surface area contributed by atoms with Crippen molar-refractivity contribution >= 4 is 5.97 Å². The monoisotopic (exact) mass is 316 g/mol. The fourth-order valence-corrected chi connectivity index (χ4v) is 3.99. The third-order valence-corrected chi connectivity index (χ3v) is 5.45. The molecule has 0 radical (unpaired) electrons. The minimum atomic E-state index is -0.713. The molecule has 0 spiro atoms. The van der Waals surface area contributed by atoms with Crippen LogP contribution < -0.4 is 5.32 Å². The van der Waals surface area contributed by atoms with Crippen LogP contribution in [0.3, 0.4) is 0 Å². The zero-order valence-electron chi connectivity index (χ0n) is 13.8. The molecule has 0 bridgehead atoms. The Hall–Kier alpha value is -1.39. The second kappa shape index (κ2) is 7.45. The normalized spacial score (nSPS) is 22.8. The second-order valence-electron chi connectivity index (χ2n) is 7.13. The van der Waals surface area contributed by atoms with Gasteiger partial charge in [-0.05, 0) is 31.2 Å². The van der Waals surface area contributed by atoms with E-state index in [0.717, 1.165) is 32.5 Å². The van der Waals surface area contributed by atoms with Crippen LogP contribution in [0.2, 0.25) is 0 Å². The van der Waals surface area contributed by atoms with Crippen LogP contribution in [-0.2, 0) is 11.3 Å². The summed E-state index contributed by atoms with van der Waals surface area (Å²) in [5.74, 6) is -0.664. The molecular weight excluding hydrogens is 288 g/mol. The zero-order chi connectivity index (χ0) is 16.1. The number of hydrogen-bond donors (Lipinski definition) is 2. The van der Waals surface area contributed by atoms with Crippen LogP contribution in [0.5, 0.6) is 0 Å². The van der Waals surface area contributed by atoms with Crippen molar-refractivity contribution in [1.29, 1.82) is 0 Å². The Balaban J connectivity index is 1.58. The van der Waals surface area contributed by atoms with Crippen LogP contribution in [0.25, 0.3) is 0 Å². The molecule has 0 amide bonds. The second-order valence-corrected chi connectivity index (χ2v) is 7.13. The summed E-state index contributed by atoms with van der Waals surface area (Å²) in [5, 5.41) is 13.3. The Morgan fingerprint density at radius 1 is 1.13 bits per heavy atom. The summed E-state index contributed by atoms with van der Waals surface area (Å²) in [6.45, 7) is 2.61. The molecule has 1 saturated carbocycles. The van der Waals surface area contributed by atoms with E-state index >= 15 is 0 Å². The Morgan fingerprint density at radius 2 is 1.78 bits per heavy atom. The van der Waals surface area contributed by atoms with Crippen LogP contribution in [0.15, 0.2) is 30.3 Å². The van der Waals surface area contributed by atoms with Crippen LogP contribution in [-0.4, -0.2) is 40.6 Å². The Morgan fingerprint density at radius 3 is 2.39 bits per heavy atom. The standard InChI is InChI=1S/C19H28N2O2/c22-18(23)19(20-17-9-5-2-6-10-17)11-13-21(14-12-19)15-16-7-3-1-4-8-16/h1,3-4,7-8,17,20H,2,5-6,9-15H2,(H,22,23). The van der Waals surface area contributed by atoms with Gasteiger partial charge in [0.2, 0.25) is 0 Å². The van der Waals surface area contributed by atoms with Crippen LogP contribution in [0.4, 0.5) is 0 Å². The van der Waals surface area contributed by atoms with E-state index in [9.17, 15) is 9.90 Å². The predicted octanol–water partition coefficient (Wildman–Crippen LogP) is 3.03. The van der Waals surface area contributed by atoms with Crippen molar-refractivity contribution in [2.75, 3.05) is 13.1 Å². The number of nitrogens with one attached hydrogen (secondary N) is 1. The molecular formula is C19H28N2O2. The summed E-state index contributed by atoms with van der Waals surface area (Å²) >= 11 is 0.